The number of amides is 1. The van der Waals surface area contributed by atoms with Crippen molar-refractivity contribution in [2.24, 2.45) is 5.92 Å². The molecule has 6 nitrogen and oxygen atoms in total. The zero-order valence-electron chi connectivity index (χ0n) is 16.9. The van der Waals surface area contributed by atoms with E-state index in [0.29, 0.717) is 32.1 Å². The number of hydrogen-bond donors (Lipinski definition) is 1. The number of sulfonamides is 1. The molecular weight excluding hydrogens is 433 g/mol. The van der Waals surface area contributed by atoms with Crippen molar-refractivity contribution < 1.29 is 13.2 Å². The maximum Gasteiger partial charge on any atom is 0.246 e. The number of carbonyl (C=O) groups is 1. The Balaban J connectivity index is 1.60. The molecule has 2 aliphatic rings. The molecule has 0 spiro atoms. The maximum atomic E-state index is 13.0. The first kappa shape index (κ1) is 22.8. The summed E-state index contributed by atoms with van der Waals surface area (Å²) in [6.45, 7) is 5.63. The fourth-order valence-corrected chi connectivity index (χ4v) is 6.70. The van der Waals surface area contributed by atoms with Gasteiger partial charge in [-0.25, -0.2) is 8.42 Å². The van der Waals surface area contributed by atoms with Gasteiger partial charge in [0, 0.05) is 32.2 Å². The quantitative estimate of drug-likeness (QED) is 0.729. The van der Waals surface area contributed by atoms with Gasteiger partial charge in [0.1, 0.15) is 4.90 Å². The largest absolute Gasteiger partial charge is 0.352 e. The van der Waals surface area contributed by atoms with E-state index in [1.54, 1.807) is 6.07 Å². The molecule has 1 aromatic carbocycles. The van der Waals surface area contributed by atoms with Crippen LogP contribution in [0, 0.1) is 5.92 Å². The summed E-state index contributed by atoms with van der Waals surface area (Å²) in [4.78, 5) is 14.7. The minimum absolute atomic E-state index is 0.0224. The summed E-state index contributed by atoms with van der Waals surface area (Å²) in [5.74, 6) is 0.525. The Labute approximate surface area is 183 Å². The van der Waals surface area contributed by atoms with Crippen molar-refractivity contribution in [3.8, 4) is 0 Å². The second-order valence-corrected chi connectivity index (χ2v) is 10.7. The number of nitrogens with zero attached hydrogens (tertiary/aromatic N) is 2. The van der Waals surface area contributed by atoms with Crippen molar-refractivity contribution >= 4 is 39.1 Å². The molecule has 1 amide bonds. The van der Waals surface area contributed by atoms with Gasteiger partial charge in [0.25, 0.3) is 0 Å². The average molecular weight is 462 g/mol. The predicted octanol–water partition coefficient (Wildman–Crippen LogP) is 3.38. The number of halogens is 2. The Hall–Kier alpha value is -0.860. The standard InChI is InChI=1S/C20H29Cl2N3O3S/c1-14-6-3-4-9-18(14)23-20(26)15(2)24-10-12-25(13-11-24)29(27,28)19-16(21)7-5-8-17(19)22/h5,7-8,14-15,18H,3-4,6,9-13H2,1-2H3,(H,23,26). The van der Waals surface area contributed by atoms with Gasteiger partial charge in [0.2, 0.25) is 15.9 Å². The van der Waals surface area contributed by atoms with Crippen molar-refractivity contribution in [1.29, 1.82) is 0 Å². The Morgan fingerprint density at radius 3 is 2.28 bits per heavy atom. The van der Waals surface area contributed by atoms with Gasteiger partial charge in [-0.05, 0) is 37.8 Å². The first-order valence-corrected chi connectivity index (χ1v) is 12.4. The van der Waals surface area contributed by atoms with Gasteiger partial charge in [-0.2, -0.15) is 4.31 Å². The second kappa shape index (κ2) is 9.52. The molecule has 1 saturated heterocycles. The molecule has 1 aliphatic carbocycles. The van der Waals surface area contributed by atoms with E-state index >= 15 is 0 Å². The van der Waals surface area contributed by atoms with E-state index in [4.69, 9.17) is 23.2 Å². The minimum atomic E-state index is -3.78. The molecule has 0 bridgehead atoms. The molecule has 1 aromatic rings. The van der Waals surface area contributed by atoms with Crippen LogP contribution in [-0.4, -0.2) is 61.8 Å². The molecular formula is C20H29Cl2N3O3S. The first-order valence-electron chi connectivity index (χ1n) is 10.2. The van der Waals surface area contributed by atoms with Crippen molar-refractivity contribution in [3.63, 3.8) is 0 Å². The monoisotopic (exact) mass is 461 g/mol. The third kappa shape index (κ3) is 5.07. The fraction of sp³-hybridized carbons (Fsp3) is 0.650. The fourth-order valence-electron chi connectivity index (χ4n) is 4.19. The third-order valence-corrected chi connectivity index (χ3v) is 9.01. The van der Waals surface area contributed by atoms with Crippen LogP contribution in [0.1, 0.15) is 39.5 Å². The van der Waals surface area contributed by atoms with E-state index < -0.39 is 10.0 Å². The second-order valence-electron chi connectivity index (χ2n) is 8.04. The van der Waals surface area contributed by atoms with Gasteiger partial charge >= 0.3 is 0 Å². The van der Waals surface area contributed by atoms with Gasteiger partial charge in [0.15, 0.2) is 0 Å². The van der Waals surface area contributed by atoms with Crippen LogP contribution in [0.25, 0.3) is 0 Å². The summed E-state index contributed by atoms with van der Waals surface area (Å²) >= 11 is 12.2. The highest BCUT2D eigenvalue weighted by Crippen LogP contribution is 2.32. The van der Waals surface area contributed by atoms with E-state index in [-0.39, 0.29) is 32.9 Å². The third-order valence-electron chi connectivity index (χ3n) is 6.16. The lowest BCUT2D eigenvalue weighted by Crippen LogP contribution is -2.56. The molecule has 2 fully saturated rings. The Kier molecular flexibility index (Phi) is 7.49. The van der Waals surface area contributed by atoms with Crippen molar-refractivity contribution in [1.82, 2.24) is 14.5 Å². The highest BCUT2D eigenvalue weighted by atomic mass is 35.5. The molecule has 29 heavy (non-hydrogen) atoms. The maximum absolute atomic E-state index is 13.0. The lowest BCUT2D eigenvalue weighted by atomic mass is 9.86. The zero-order chi connectivity index (χ0) is 21.2. The SMILES string of the molecule is CC1CCCCC1NC(=O)C(C)N1CCN(S(=O)(=O)c2c(Cl)cccc2Cl)CC1. The molecule has 0 radical (unpaired) electrons. The molecule has 162 valence electrons. The summed E-state index contributed by atoms with van der Waals surface area (Å²) in [6, 6.07) is 4.61. The Bertz CT molecular complexity index is 821. The summed E-state index contributed by atoms with van der Waals surface area (Å²) in [7, 11) is -3.78. The molecule has 1 N–H and O–H groups in total. The van der Waals surface area contributed by atoms with Crippen LogP contribution in [0.2, 0.25) is 10.0 Å². The molecule has 0 aromatic heterocycles. The van der Waals surface area contributed by atoms with Crippen LogP contribution in [0.5, 0.6) is 0 Å². The summed E-state index contributed by atoms with van der Waals surface area (Å²) in [5.41, 5.74) is 0. The van der Waals surface area contributed by atoms with Gasteiger partial charge in [0.05, 0.1) is 16.1 Å². The predicted molar refractivity (Wildman–Crippen MR) is 116 cm³/mol. The van der Waals surface area contributed by atoms with Gasteiger partial charge in [-0.15, -0.1) is 0 Å². The van der Waals surface area contributed by atoms with Crippen molar-refractivity contribution in [2.45, 2.75) is 56.5 Å². The molecule has 1 aliphatic heterocycles. The van der Waals surface area contributed by atoms with Crippen LogP contribution in [0.15, 0.2) is 23.1 Å². The zero-order valence-corrected chi connectivity index (χ0v) is 19.2. The molecule has 3 rings (SSSR count). The molecule has 3 atom stereocenters. The van der Waals surface area contributed by atoms with Gasteiger partial charge in [-0.3, -0.25) is 9.69 Å². The van der Waals surface area contributed by atoms with E-state index in [2.05, 4.69) is 12.2 Å². The molecule has 3 unspecified atom stereocenters. The topological polar surface area (TPSA) is 69.7 Å². The number of piperazine rings is 1. The summed E-state index contributed by atoms with van der Waals surface area (Å²) < 4.78 is 27.4. The number of hydrogen-bond acceptors (Lipinski definition) is 4. The van der Waals surface area contributed by atoms with Crippen LogP contribution < -0.4 is 5.32 Å². The number of carbonyl (C=O) groups excluding carboxylic acids is 1. The Morgan fingerprint density at radius 1 is 1.10 bits per heavy atom. The summed E-state index contributed by atoms with van der Waals surface area (Å²) in [6.07, 6.45) is 4.57. The average Bonchev–Trinajstić information content (AvgIpc) is 2.69. The number of benzene rings is 1. The molecule has 1 saturated carbocycles. The van der Waals surface area contributed by atoms with E-state index in [1.807, 2.05) is 11.8 Å². The molecule has 1 heterocycles. The lowest BCUT2D eigenvalue weighted by molar-refractivity contribution is -0.127. The van der Waals surface area contributed by atoms with Crippen LogP contribution in [0.4, 0.5) is 0 Å². The van der Waals surface area contributed by atoms with Crippen molar-refractivity contribution in [2.75, 3.05) is 26.2 Å². The van der Waals surface area contributed by atoms with E-state index in [1.165, 1.54) is 22.9 Å². The van der Waals surface area contributed by atoms with Crippen molar-refractivity contribution in [3.05, 3.63) is 28.2 Å². The van der Waals surface area contributed by atoms with Crippen LogP contribution in [0.3, 0.4) is 0 Å². The van der Waals surface area contributed by atoms with Gasteiger partial charge in [-0.1, -0.05) is 49.0 Å². The molecule has 9 heteroatoms. The highest BCUT2D eigenvalue weighted by molar-refractivity contribution is 7.89. The normalized spacial score (nSPS) is 25.5. The minimum Gasteiger partial charge on any atom is -0.352 e. The number of nitrogens with one attached hydrogen (secondary N) is 1. The first-order chi connectivity index (χ1) is 13.7. The van der Waals surface area contributed by atoms with E-state index in [0.717, 1.165) is 19.3 Å². The smallest absolute Gasteiger partial charge is 0.246 e. The number of rotatable bonds is 5. The summed E-state index contributed by atoms with van der Waals surface area (Å²) in [5, 5.41) is 3.44. The Morgan fingerprint density at radius 2 is 1.69 bits per heavy atom. The highest BCUT2D eigenvalue weighted by Gasteiger charge is 2.34. The van der Waals surface area contributed by atoms with Gasteiger partial charge < -0.3 is 5.32 Å². The van der Waals surface area contributed by atoms with Crippen LogP contribution in [-0.2, 0) is 14.8 Å². The van der Waals surface area contributed by atoms with Crippen LogP contribution >= 0.6 is 23.2 Å². The van der Waals surface area contributed by atoms with E-state index in [9.17, 15) is 13.2 Å². The lowest BCUT2D eigenvalue weighted by Gasteiger charge is -2.38.